The van der Waals surface area contributed by atoms with Crippen LogP contribution in [0.5, 0.6) is 0 Å². The lowest BCUT2D eigenvalue weighted by Crippen LogP contribution is -2.46. The molecule has 10 heteroatoms. The van der Waals surface area contributed by atoms with E-state index in [1.807, 2.05) is 0 Å². The molecule has 2 heterocycles. The summed E-state index contributed by atoms with van der Waals surface area (Å²) < 4.78 is 0. The Bertz CT molecular complexity index is 671. The molecule has 0 unspecified atom stereocenters. The van der Waals surface area contributed by atoms with Crippen molar-refractivity contribution in [3.63, 3.8) is 0 Å². The molecule has 2 aliphatic rings. The van der Waals surface area contributed by atoms with Crippen molar-refractivity contribution in [3.05, 3.63) is 0 Å². The van der Waals surface area contributed by atoms with Gasteiger partial charge >= 0.3 is 5.97 Å². The highest BCUT2D eigenvalue weighted by atomic mass is 16.7. The molecule has 30 heavy (non-hydrogen) atoms. The molecule has 0 radical (unpaired) electrons. The fourth-order valence-corrected chi connectivity index (χ4v) is 3.54. The smallest absolute Gasteiger partial charge is 0.334 e. The Kier molecular flexibility index (Phi) is 8.33. The number of carbonyl (C=O) groups excluding carboxylic acids is 5. The average molecular weight is 424 g/mol. The van der Waals surface area contributed by atoms with Gasteiger partial charge in [-0.3, -0.25) is 24.1 Å². The summed E-state index contributed by atoms with van der Waals surface area (Å²) in [6.45, 7) is 8.40. The summed E-state index contributed by atoms with van der Waals surface area (Å²) in [6, 6.07) is -0.155. The molecule has 2 fully saturated rings. The maximum absolute atomic E-state index is 12.4. The highest BCUT2D eigenvalue weighted by Gasteiger charge is 2.33. The Morgan fingerprint density at radius 2 is 1.67 bits per heavy atom. The van der Waals surface area contributed by atoms with E-state index in [4.69, 9.17) is 4.84 Å². The van der Waals surface area contributed by atoms with Crippen molar-refractivity contribution in [3.8, 4) is 0 Å². The van der Waals surface area contributed by atoms with E-state index in [1.165, 1.54) is 0 Å². The van der Waals surface area contributed by atoms with Crippen LogP contribution in [0.1, 0.15) is 59.3 Å². The van der Waals surface area contributed by atoms with Gasteiger partial charge in [0.2, 0.25) is 11.8 Å². The van der Waals surface area contributed by atoms with E-state index in [1.54, 1.807) is 0 Å². The topological polar surface area (TPSA) is 125 Å². The van der Waals surface area contributed by atoms with Crippen LogP contribution in [0.25, 0.3) is 0 Å². The summed E-state index contributed by atoms with van der Waals surface area (Å²) in [5.41, 5.74) is 0.110. The van der Waals surface area contributed by atoms with Gasteiger partial charge in [0, 0.05) is 38.9 Å². The summed E-state index contributed by atoms with van der Waals surface area (Å²) in [6.07, 6.45) is 1.79. The lowest BCUT2D eigenvalue weighted by molar-refractivity contribution is -0.197. The molecule has 0 aromatic carbocycles. The van der Waals surface area contributed by atoms with E-state index in [2.05, 4.69) is 36.3 Å². The van der Waals surface area contributed by atoms with E-state index >= 15 is 0 Å². The monoisotopic (exact) mass is 424 g/mol. The third-order valence-electron chi connectivity index (χ3n) is 4.85. The number of rotatable bonds is 9. The normalized spacial score (nSPS) is 19.8. The molecule has 4 amide bonds. The molecular formula is C20H32N4O6. The second-order valence-electron chi connectivity index (χ2n) is 8.88. The predicted molar refractivity (Wildman–Crippen MR) is 106 cm³/mol. The standard InChI is InChI=1S/C20H32N4O6/c1-20(2,3)13-23-12-4-5-14(23)19(29)22-10-8-15(25)21-11-9-18(28)30-24-16(26)6-7-17(24)27/h14H,4-13H2,1-3H3,(H,21,25)(H,22,29)/t14-/m0/s1. The quantitative estimate of drug-likeness (QED) is 0.504. The second kappa shape index (κ2) is 10.5. The number of hydrogen-bond acceptors (Lipinski definition) is 7. The Morgan fingerprint density at radius 3 is 2.30 bits per heavy atom. The summed E-state index contributed by atoms with van der Waals surface area (Å²) in [7, 11) is 0. The first-order chi connectivity index (χ1) is 14.1. The van der Waals surface area contributed by atoms with E-state index in [0.29, 0.717) is 5.06 Å². The van der Waals surface area contributed by atoms with Crippen LogP contribution in [0.15, 0.2) is 0 Å². The van der Waals surface area contributed by atoms with Crippen LogP contribution >= 0.6 is 0 Å². The van der Waals surface area contributed by atoms with Gasteiger partial charge in [0.25, 0.3) is 11.8 Å². The van der Waals surface area contributed by atoms with Gasteiger partial charge in [-0.15, -0.1) is 5.06 Å². The van der Waals surface area contributed by atoms with Gasteiger partial charge in [-0.05, 0) is 24.8 Å². The van der Waals surface area contributed by atoms with Crippen molar-refractivity contribution < 1.29 is 28.8 Å². The average Bonchev–Trinajstić information content (AvgIpc) is 3.21. The van der Waals surface area contributed by atoms with Crippen LogP contribution in [0.3, 0.4) is 0 Å². The van der Waals surface area contributed by atoms with Crippen molar-refractivity contribution in [2.24, 2.45) is 5.41 Å². The van der Waals surface area contributed by atoms with Gasteiger partial charge in [0.05, 0.1) is 12.5 Å². The molecule has 0 aromatic heterocycles. The second-order valence-corrected chi connectivity index (χ2v) is 8.88. The fourth-order valence-electron chi connectivity index (χ4n) is 3.54. The van der Waals surface area contributed by atoms with Crippen LogP contribution in [-0.4, -0.2) is 71.8 Å². The molecule has 0 bridgehead atoms. The number of amides is 4. The lowest BCUT2D eigenvalue weighted by Gasteiger charge is -2.30. The third-order valence-corrected chi connectivity index (χ3v) is 4.85. The van der Waals surface area contributed by atoms with E-state index in [0.717, 1.165) is 25.9 Å². The van der Waals surface area contributed by atoms with Crippen LogP contribution < -0.4 is 10.6 Å². The molecule has 168 valence electrons. The minimum Gasteiger partial charge on any atom is -0.355 e. The zero-order valence-electron chi connectivity index (χ0n) is 18.0. The van der Waals surface area contributed by atoms with E-state index in [-0.39, 0.29) is 62.0 Å². The van der Waals surface area contributed by atoms with Crippen LogP contribution in [0.4, 0.5) is 0 Å². The van der Waals surface area contributed by atoms with Crippen molar-refractivity contribution in [1.29, 1.82) is 0 Å². The largest absolute Gasteiger partial charge is 0.355 e. The lowest BCUT2D eigenvalue weighted by atomic mass is 9.95. The minimum absolute atomic E-state index is 0.0177. The number of hydroxylamine groups is 2. The number of carbonyl (C=O) groups is 5. The number of nitrogens with zero attached hydrogens (tertiary/aromatic N) is 2. The Hall–Kier alpha value is -2.49. The SMILES string of the molecule is CC(C)(C)CN1CCC[C@H]1C(=O)NCCC(=O)NCCC(=O)ON1C(=O)CCC1=O. The van der Waals surface area contributed by atoms with Crippen molar-refractivity contribution in [1.82, 2.24) is 20.6 Å². The minimum atomic E-state index is -0.771. The molecule has 0 spiro atoms. The van der Waals surface area contributed by atoms with Gasteiger partial charge in [0.15, 0.2) is 0 Å². The zero-order valence-corrected chi connectivity index (χ0v) is 18.0. The van der Waals surface area contributed by atoms with Crippen molar-refractivity contribution >= 4 is 29.6 Å². The molecular weight excluding hydrogens is 392 g/mol. The maximum Gasteiger partial charge on any atom is 0.334 e. The number of likely N-dealkylation sites (tertiary alicyclic amines) is 1. The molecule has 1 atom stereocenters. The predicted octanol–water partition coefficient (Wildman–Crippen LogP) is 0.117. The molecule has 0 saturated carbocycles. The molecule has 2 rings (SSSR count). The van der Waals surface area contributed by atoms with E-state index < -0.39 is 17.8 Å². The molecule has 2 saturated heterocycles. The summed E-state index contributed by atoms with van der Waals surface area (Å²) in [4.78, 5) is 65.7. The molecule has 10 nitrogen and oxygen atoms in total. The summed E-state index contributed by atoms with van der Waals surface area (Å²) in [5.74, 6) is -2.23. The Labute approximate surface area is 176 Å². The molecule has 0 aliphatic carbocycles. The first-order valence-electron chi connectivity index (χ1n) is 10.4. The van der Waals surface area contributed by atoms with Gasteiger partial charge in [-0.1, -0.05) is 20.8 Å². The number of nitrogens with one attached hydrogen (secondary N) is 2. The van der Waals surface area contributed by atoms with E-state index in [9.17, 15) is 24.0 Å². The Morgan fingerprint density at radius 1 is 1.03 bits per heavy atom. The van der Waals surface area contributed by atoms with Crippen LogP contribution in [-0.2, 0) is 28.8 Å². The van der Waals surface area contributed by atoms with Gasteiger partial charge < -0.3 is 15.5 Å². The fraction of sp³-hybridized carbons (Fsp3) is 0.750. The summed E-state index contributed by atoms with van der Waals surface area (Å²) >= 11 is 0. The first kappa shape index (κ1) is 23.8. The van der Waals surface area contributed by atoms with Crippen LogP contribution in [0, 0.1) is 5.41 Å². The number of hydrogen-bond donors (Lipinski definition) is 2. The zero-order chi connectivity index (χ0) is 22.3. The van der Waals surface area contributed by atoms with Gasteiger partial charge in [-0.2, -0.15) is 0 Å². The van der Waals surface area contributed by atoms with Gasteiger partial charge in [0.1, 0.15) is 0 Å². The first-order valence-corrected chi connectivity index (χ1v) is 10.4. The van der Waals surface area contributed by atoms with Crippen molar-refractivity contribution in [2.45, 2.75) is 65.3 Å². The molecule has 0 aromatic rings. The number of imide groups is 1. The summed E-state index contributed by atoms with van der Waals surface area (Å²) in [5, 5.41) is 5.85. The maximum atomic E-state index is 12.4. The van der Waals surface area contributed by atoms with Gasteiger partial charge in [-0.25, -0.2) is 4.79 Å². The Balaban J connectivity index is 1.60. The molecule has 2 aliphatic heterocycles. The molecule has 2 N–H and O–H groups in total. The highest BCUT2D eigenvalue weighted by molar-refractivity contribution is 6.01. The highest BCUT2D eigenvalue weighted by Crippen LogP contribution is 2.23. The van der Waals surface area contributed by atoms with Crippen LogP contribution in [0.2, 0.25) is 0 Å². The third kappa shape index (κ3) is 7.40. The van der Waals surface area contributed by atoms with Crippen molar-refractivity contribution in [2.75, 3.05) is 26.2 Å².